The first-order valence-corrected chi connectivity index (χ1v) is 15.5. The van der Waals surface area contributed by atoms with Gasteiger partial charge in [-0.1, -0.05) is 59.6 Å². The van der Waals surface area contributed by atoms with E-state index >= 15 is 0 Å². The van der Waals surface area contributed by atoms with Crippen LogP contribution in [0, 0.1) is 0 Å². The predicted molar refractivity (Wildman–Crippen MR) is 176 cm³/mol. The molecule has 48 heavy (non-hydrogen) atoms. The van der Waals surface area contributed by atoms with Gasteiger partial charge < -0.3 is 28.8 Å². The summed E-state index contributed by atoms with van der Waals surface area (Å²) in [5, 5.41) is 20.4. The third kappa shape index (κ3) is 5.91. The molecule has 6 aromatic rings. The molecule has 0 spiro atoms. The van der Waals surface area contributed by atoms with E-state index in [1.165, 1.54) is 0 Å². The summed E-state index contributed by atoms with van der Waals surface area (Å²) in [5.41, 5.74) is 3.50. The molecule has 2 aliphatic heterocycles. The Balaban J connectivity index is 0.000000152. The number of carbonyl (C=O) groups is 2. The van der Waals surface area contributed by atoms with Gasteiger partial charge in [0.05, 0.1) is 30.7 Å². The van der Waals surface area contributed by atoms with Gasteiger partial charge in [0.15, 0.2) is 34.4 Å². The van der Waals surface area contributed by atoms with E-state index in [1.54, 1.807) is 46.6 Å². The normalized spacial score (nSPS) is 12.6. The van der Waals surface area contributed by atoms with E-state index < -0.39 is 11.9 Å². The highest BCUT2D eigenvalue weighted by atomic mass is 35.5. The van der Waals surface area contributed by atoms with Crippen molar-refractivity contribution in [1.82, 2.24) is 19.6 Å². The number of carboxylic acid groups (broad SMARTS) is 1. The number of para-hydroxylation sites is 2. The first kappa shape index (κ1) is 31.2. The van der Waals surface area contributed by atoms with Gasteiger partial charge in [-0.25, -0.2) is 9.59 Å². The van der Waals surface area contributed by atoms with E-state index in [9.17, 15) is 14.7 Å². The summed E-state index contributed by atoms with van der Waals surface area (Å²) >= 11 is 12.6. The molecular formula is C34H26Cl2N4O8. The minimum absolute atomic E-state index is 0.0254. The third-order valence-corrected chi connectivity index (χ3v) is 8.41. The SMILES string of the molecule is CCOC(=O)c1nn(Cc2cc3c(cc2Cl)OCO3)c2ccccc12.O=C(O)c1nn(Cc2cc3c(cc2Cl)OCO3)c2ccccc12. The maximum atomic E-state index is 12.2. The lowest BCUT2D eigenvalue weighted by molar-refractivity contribution is 0.0520. The number of benzene rings is 4. The third-order valence-electron chi connectivity index (χ3n) is 7.71. The highest BCUT2D eigenvalue weighted by molar-refractivity contribution is 6.32. The fourth-order valence-corrected chi connectivity index (χ4v) is 5.91. The molecule has 0 radical (unpaired) electrons. The van der Waals surface area contributed by atoms with Crippen molar-refractivity contribution >= 4 is 56.9 Å². The minimum atomic E-state index is -1.06. The number of ether oxygens (including phenoxy) is 5. The van der Waals surface area contributed by atoms with E-state index in [0.717, 1.165) is 27.5 Å². The first-order chi connectivity index (χ1) is 23.3. The zero-order chi connectivity index (χ0) is 33.4. The topological polar surface area (TPSA) is 136 Å². The van der Waals surface area contributed by atoms with Crippen molar-refractivity contribution in [2.45, 2.75) is 20.0 Å². The van der Waals surface area contributed by atoms with Crippen LogP contribution in [-0.2, 0) is 17.8 Å². The van der Waals surface area contributed by atoms with Crippen LogP contribution in [0.3, 0.4) is 0 Å². The van der Waals surface area contributed by atoms with Crippen LogP contribution in [0.25, 0.3) is 21.8 Å². The van der Waals surface area contributed by atoms with Crippen LogP contribution in [-0.4, -0.2) is 56.8 Å². The summed E-state index contributed by atoms with van der Waals surface area (Å²) in [6, 6.07) is 21.8. The number of hydrogen-bond donors (Lipinski definition) is 1. The molecule has 0 saturated carbocycles. The Hall–Kier alpha value is -5.46. The van der Waals surface area contributed by atoms with Crippen LogP contribution in [0.5, 0.6) is 23.0 Å². The molecular weight excluding hydrogens is 663 g/mol. The fraction of sp³-hybridized carbons (Fsp3) is 0.176. The first-order valence-electron chi connectivity index (χ1n) is 14.8. The Morgan fingerprint density at radius 2 is 1.17 bits per heavy atom. The molecule has 2 aliphatic rings. The van der Waals surface area contributed by atoms with Crippen LogP contribution in [0.2, 0.25) is 10.0 Å². The van der Waals surface area contributed by atoms with Gasteiger partial charge in [-0.05, 0) is 42.3 Å². The van der Waals surface area contributed by atoms with Gasteiger partial charge in [0.2, 0.25) is 13.6 Å². The molecule has 0 amide bonds. The molecule has 4 heterocycles. The van der Waals surface area contributed by atoms with Crippen molar-refractivity contribution in [2.75, 3.05) is 20.2 Å². The average Bonchev–Trinajstić information content (AvgIpc) is 3.88. The van der Waals surface area contributed by atoms with E-state index in [1.807, 2.05) is 42.5 Å². The Morgan fingerprint density at radius 1 is 0.729 bits per heavy atom. The van der Waals surface area contributed by atoms with Crippen LogP contribution < -0.4 is 18.9 Å². The van der Waals surface area contributed by atoms with Gasteiger partial charge in [0.25, 0.3) is 0 Å². The number of fused-ring (bicyclic) bond motifs is 4. The molecule has 0 unspecified atom stereocenters. The number of nitrogens with zero attached hydrogens (tertiary/aromatic N) is 4. The number of carbonyl (C=O) groups excluding carboxylic acids is 1. The molecule has 8 rings (SSSR count). The van der Waals surface area contributed by atoms with Crippen molar-refractivity contribution in [3.8, 4) is 23.0 Å². The number of hydrogen-bond acceptors (Lipinski definition) is 9. The molecule has 14 heteroatoms. The number of aromatic nitrogens is 4. The van der Waals surface area contributed by atoms with Gasteiger partial charge in [-0.15, -0.1) is 0 Å². The van der Waals surface area contributed by atoms with E-state index in [2.05, 4.69) is 10.2 Å². The second-order valence-corrected chi connectivity index (χ2v) is 11.5. The van der Waals surface area contributed by atoms with Crippen molar-refractivity contribution in [1.29, 1.82) is 0 Å². The fourth-order valence-electron chi connectivity index (χ4n) is 5.49. The maximum absolute atomic E-state index is 12.2. The molecule has 1 N–H and O–H groups in total. The number of carboxylic acids is 1. The molecule has 12 nitrogen and oxygen atoms in total. The lowest BCUT2D eigenvalue weighted by atomic mass is 10.2. The van der Waals surface area contributed by atoms with Gasteiger partial charge >= 0.3 is 11.9 Å². The highest BCUT2D eigenvalue weighted by Gasteiger charge is 2.22. The second-order valence-electron chi connectivity index (χ2n) is 10.7. The number of esters is 1. The van der Waals surface area contributed by atoms with E-state index in [4.69, 9.17) is 46.9 Å². The zero-order valence-corrected chi connectivity index (χ0v) is 26.8. The highest BCUT2D eigenvalue weighted by Crippen LogP contribution is 2.38. The standard InChI is InChI=1S/C18H15ClN2O4.C16H11ClN2O4/c1-2-23-18(22)17-12-5-3-4-6-14(12)21(20-17)9-11-7-15-16(8-13(11)19)25-10-24-15;17-11-6-14-13(22-8-23-14)5-9(11)7-19-12-4-2-1-3-10(12)15(18-19)16(20)21/h3-8H,2,9-10H2,1H3;1-6H,7-8H2,(H,20,21). The summed E-state index contributed by atoms with van der Waals surface area (Å²) < 4.78 is 29.9. The lowest BCUT2D eigenvalue weighted by Gasteiger charge is -2.07. The Kier molecular flexibility index (Phi) is 8.42. The van der Waals surface area contributed by atoms with Crippen LogP contribution in [0.15, 0.2) is 72.8 Å². The molecule has 0 bridgehead atoms. The average molecular weight is 690 g/mol. The maximum Gasteiger partial charge on any atom is 0.359 e. The van der Waals surface area contributed by atoms with Crippen molar-refractivity contribution in [3.63, 3.8) is 0 Å². The van der Waals surface area contributed by atoms with Crippen LogP contribution >= 0.6 is 23.2 Å². The van der Waals surface area contributed by atoms with Gasteiger partial charge in [0.1, 0.15) is 0 Å². The summed E-state index contributed by atoms with van der Waals surface area (Å²) in [4.78, 5) is 23.5. The summed E-state index contributed by atoms with van der Waals surface area (Å²) in [6.07, 6.45) is 0. The van der Waals surface area contributed by atoms with Crippen LogP contribution in [0.4, 0.5) is 0 Å². The summed E-state index contributed by atoms with van der Waals surface area (Å²) in [6.45, 7) is 3.16. The number of halogens is 2. The summed E-state index contributed by atoms with van der Waals surface area (Å²) in [7, 11) is 0. The summed E-state index contributed by atoms with van der Waals surface area (Å²) in [5.74, 6) is 1.02. The van der Waals surface area contributed by atoms with Crippen molar-refractivity contribution < 1.29 is 38.4 Å². The number of rotatable bonds is 7. The molecule has 0 saturated heterocycles. The molecule has 0 atom stereocenters. The van der Waals surface area contributed by atoms with Crippen LogP contribution in [0.1, 0.15) is 39.0 Å². The minimum Gasteiger partial charge on any atom is -0.476 e. The molecule has 4 aromatic carbocycles. The van der Waals surface area contributed by atoms with Gasteiger partial charge in [0, 0.05) is 33.0 Å². The monoisotopic (exact) mass is 688 g/mol. The van der Waals surface area contributed by atoms with E-state index in [-0.39, 0.29) is 19.3 Å². The predicted octanol–water partition coefficient (Wildman–Crippen LogP) is 6.81. The van der Waals surface area contributed by atoms with Crippen molar-refractivity contribution in [2.24, 2.45) is 0 Å². The zero-order valence-electron chi connectivity index (χ0n) is 25.3. The van der Waals surface area contributed by atoms with Gasteiger partial charge in [-0.3, -0.25) is 9.36 Å². The second kappa shape index (κ2) is 13.0. The largest absolute Gasteiger partial charge is 0.476 e. The molecule has 2 aromatic heterocycles. The lowest BCUT2D eigenvalue weighted by Crippen LogP contribution is -2.08. The Morgan fingerprint density at radius 3 is 1.65 bits per heavy atom. The quantitative estimate of drug-likeness (QED) is 0.178. The number of aromatic carboxylic acids is 1. The van der Waals surface area contributed by atoms with Crippen molar-refractivity contribution in [3.05, 3.63) is 105 Å². The van der Waals surface area contributed by atoms with Gasteiger partial charge in [-0.2, -0.15) is 10.2 Å². The molecule has 0 aliphatic carbocycles. The smallest absolute Gasteiger partial charge is 0.359 e. The van der Waals surface area contributed by atoms with E-state index in [0.29, 0.717) is 63.8 Å². The molecule has 0 fully saturated rings. The molecule has 244 valence electrons. The Bertz CT molecular complexity index is 2210. The Labute approximate surface area is 282 Å².